The molecule has 2 N–H and O–H groups in total. The minimum absolute atomic E-state index is 0.311. The molecule has 1 heterocycles. The number of benzene rings is 3. The lowest BCUT2D eigenvalue weighted by molar-refractivity contribution is 0.101. The van der Waals surface area contributed by atoms with Gasteiger partial charge < -0.3 is 10.6 Å². The molecule has 3 aromatic rings. The van der Waals surface area contributed by atoms with Gasteiger partial charge in [0.05, 0.1) is 5.69 Å². The fourth-order valence-electron chi connectivity index (χ4n) is 4.01. The smallest absolute Gasteiger partial charge is 0.303 e. The quantitative estimate of drug-likeness (QED) is 0.496. The van der Waals surface area contributed by atoms with Gasteiger partial charge in [0.1, 0.15) is 0 Å². The second-order valence-corrected chi connectivity index (χ2v) is 11.1. The van der Waals surface area contributed by atoms with Crippen LogP contribution in [0.1, 0.15) is 38.3 Å². The van der Waals surface area contributed by atoms with Crippen molar-refractivity contribution in [1.82, 2.24) is 4.31 Å². The Kier molecular flexibility index (Phi) is 7.35. The molecule has 0 aromatic heterocycles. The molecule has 10 heteroatoms. The van der Waals surface area contributed by atoms with Crippen molar-refractivity contribution in [2.75, 3.05) is 35.1 Å². The average molecular weight is 527 g/mol. The molecule has 2 amide bonds. The van der Waals surface area contributed by atoms with E-state index in [0.717, 1.165) is 12.0 Å². The van der Waals surface area contributed by atoms with Crippen LogP contribution in [0.5, 0.6) is 0 Å². The van der Waals surface area contributed by atoms with E-state index in [0.29, 0.717) is 51.9 Å². The van der Waals surface area contributed by atoms with Crippen LogP contribution in [0, 0.1) is 13.8 Å². The van der Waals surface area contributed by atoms with Crippen LogP contribution in [0.25, 0.3) is 0 Å². The lowest BCUT2D eigenvalue weighted by Crippen LogP contribution is -2.48. The monoisotopic (exact) mass is 526 g/mol. The normalized spacial score (nSPS) is 15.4. The summed E-state index contributed by atoms with van der Waals surface area (Å²) >= 11 is 5.99. The van der Waals surface area contributed by atoms with Crippen LogP contribution in [-0.4, -0.2) is 44.7 Å². The van der Waals surface area contributed by atoms with Crippen molar-refractivity contribution in [3.8, 4) is 0 Å². The van der Waals surface area contributed by atoms with Crippen LogP contribution in [0.3, 0.4) is 0 Å². The average Bonchev–Trinajstić information content (AvgIpc) is 2.82. The van der Waals surface area contributed by atoms with Crippen molar-refractivity contribution in [2.45, 2.75) is 20.3 Å². The second-order valence-electron chi connectivity index (χ2n) is 8.70. The zero-order chi connectivity index (χ0) is 26.0. The standard InChI is InChI=1S/C26H27ClN4O4S/c1-17-8-9-21(16-24(17)29-25(32)19-6-4-7-20(27)15-19)28-26(33)23-11-10-22(14-18(23)2)31-13-5-12-30(3)36(31,34)35/h4,6-11,14-16H,5,12-13H2,1-3H3,(H,28,33)(H,29,32). The van der Waals surface area contributed by atoms with Gasteiger partial charge in [-0.25, -0.2) is 0 Å². The van der Waals surface area contributed by atoms with Gasteiger partial charge in [0.15, 0.2) is 0 Å². The predicted octanol–water partition coefficient (Wildman–Crippen LogP) is 4.85. The number of halogens is 1. The maximum atomic E-state index is 13.0. The molecule has 0 unspecified atom stereocenters. The van der Waals surface area contributed by atoms with E-state index in [9.17, 15) is 18.0 Å². The Morgan fingerprint density at radius 1 is 0.889 bits per heavy atom. The molecule has 0 spiro atoms. The summed E-state index contributed by atoms with van der Waals surface area (Å²) in [6.45, 7) is 4.50. The summed E-state index contributed by atoms with van der Waals surface area (Å²) in [5.74, 6) is -0.651. The highest BCUT2D eigenvalue weighted by Gasteiger charge is 2.31. The zero-order valence-electron chi connectivity index (χ0n) is 20.2. The zero-order valence-corrected chi connectivity index (χ0v) is 21.8. The molecule has 4 rings (SSSR count). The number of anilines is 3. The van der Waals surface area contributed by atoms with Gasteiger partial charge in [0.25, 0.3) is 11.8 Å². The van der Waals surface area contributed by atoms with Gasteiger partial charge in [-0.1, -0.05) is 23.7 Å². The molecular weight excluding hydrogens is 500 g/mol. The largest absolute Gasteiger partial charge is 0.322 e. The van der Waals surface area contributed by atoms with E-state index >= 15 is 0 Å². The fourth-order valence-corrected chi connectivity index (χ4v) is 5.64. The Bertz CT molecular complexity index is 1440. The molecule has 188 valence electrons. The van der Waals surface area contributed by atoms with Gasteiger partial charge in [-0.3, -0.25) is 13.9 Å². The summed E-state index contributed by atoms with van der Waals surface area (Å²) in [6, 6.07) is 16.9. The van der Waals surface area contributed by atoms with Crippen LogP contribution in [0.2, 0.25) is 5.02 Å². The maximum Gasteiger partial charge on any atom is 0.303 e. The van der Waals surface area contributed by atoms with E-state index in [1.807, 2.05) is 6.92 Å². The Labute approximate surface area is 216 Å². The molecule has 8 nitrogen and oxygen atoms in total. The third-order valence-corrected chi connectivity index (χ3v) is 8.24. The summed E-state index contributed by atoms with van der Waals surface area (Å²) in [5.41, 5.74) is 3.92. The first-order chi connectivity index (χ1) is 17.1. The van der Waals surface area contributed by atoms with E-state index in [1.165, 1.54) is 8.61 Å². The lowest BCUT2D eigenvalue weighted by Gasteiger charge is -2.34. The van der Waals surface area contributed by atoms with E-state index in [4.69, 9.17) is 11.6 Å². The van der Waals surface area contributed by atoms with E-state index in [2.05, 4.69) is 10.6 Å². The highest BCUT2D eigenvalue weighted by atomic mass is 35.5. The maximum absolute atomic E-state index is 13.0. The van der Waals surface area contributed by atoms with Crippen molar-refractivity contribution in [3.63, 3.8) is 0 Å². The highest BCUT2D eigenvalue weighted by molar-refractivity contribution is 7.90. The van der Waals surface area contributed by atoms with Crippen LogP contribution in [-0.2, 0) is 10.2 Å². The number of carbonyl (C=O) groups is 2. The molecule has 0 aliphatic carbocycles. The van der Waals surface area contributed by atoms with Gasteiger partial charge in [0.2, 0.25) is 0 Å². The summed E-state index contributed by atoms with van der Waals surface area (Å²) in [4.78, 5) is 25.7. The molecule has 1 saturated heterocycles. The molecule has 0 radical (unpaired) electrons. The molecule has 3 aromatic carbocycles. The van der Waals surface area contributed by atoms with Crippen molar-refractivity contribution in [2.24, 2.45) is 0 Å². The fraction of sp³-hybridized carbons (Fsp3) is 0.231. The number of nitrogens with one attached hydrogen (secondary N) is 2. The highest BCUT2D eigenvalue weighted by Crippen LogP contribution is 2.27. The number of nitrogens with zero attached hydrogens (tertiary/aromatic N) is 2. The minimum Gasteiger partial charge on any atom is -0.322 e. The number of carbonyl (C=O) groups excluding carboxylic acids is 2. The first-order valence-corrected chi connectivity index (χ1v) is 13.2. The van der Waals surface area contributed by atoms with Crippen molar-refractivity contribution < 1.29 is 18.0 Å². The summed E-state index contributed by atoms with van der Waals surface area (Å²) in [7, 11) is -2.01. The molecule has 0 saturated carbocycles. The number of amides is 2. The summed E-state index contributed by atoms with van der Waals surface area (Å²) in [5, 5.41) is 6.18. The van der Waals surface area contributed by atoms with Crippen LogP contribution >= 0.6 is 11.6 Å². The topological polar surface area (TPSA) is 98.8 Å². The molecule has 1 fully saturated rings. The Morgan fingerprint density at radius 2 is 1.67 bits per heavy atom. The first kappa shape index (κ1) is 25.7. The van der Waals surface area contributed by atoms with Gasteiger partial charge in [-0.05, 0) is 79.9 Å². The third kappa shape index (κ3) is 5.38. The predicted molar refractivity (Wildman–Crippen MR) is 143 cm³/mol. The molecule has 1 aliphatic heterocycles. The van der Waals surface area contributed by atoms with Crippen molar-refractivity contribution >= 4 is 50.7 Å². The Balaban J connectivity index is 1.51. The van der Waals surface area contributed by atoms with E-state index in [1.54, 1.807) is 74.6 Å². The lowest BCUT2D eigenvalue weighted by atomic mass is 10.1. The third-order valence-electron chi connectivity index (χ3n) is 6.08. The van der Waals surface area contributed by atoms with Gasteiger partial charge in [-0.15, -0.1) is 0 Å². The Hall–Kier alpha value is -3.40. The second kappa shape index (κ2) is 10.3. The number of rotatable bonds is 5. The van der Waals surface area contributed by atoms with Gasteiger partial charge in [-0.2, -0.15) is 12.7 Å². The summed E-state index contributed by atoms with van der Waals surface area (Å²) < 4.78 is 28.0. The first-order valence-electron chi connectivity index (χ1n) is 11.4. The number of aryl methyl sites for hydroxylation is 2. The van der Waals surface area contributed by atoms with Gasteiger partial charge in [0, 0.05) is 47.7 Å². The molecular formula is C26H27ClN4O4S. The molecule has 0 bridgehead atoms. The van der Waals surface area contributed by atoms with E-state index in [-0.39, 0.29) is 11.8 Å². The minimum atomic E-state index is -3.57. The number of hydrogen-bond donors (Lipinski definition) is 2. The Morgan fingerprint density at radius 3 is 2.39 bits per heavy atom. The summed E-state index contributed by atoms with van der Waals surface area (Å²) in [6.07, 6.45) is 0.723. The van der Waals surface area contributed by atoms with Crippen LogP contribution in [0.4, 0.5) is 17.1 Å². The molecule has 0 atom stereocenters. The van der Waals surface area contributed by atoms with Crippen molar-refractivity contribution in [3.05, 3.63) is 87.9 Å². The van der Waals surface area contributed by atoms with Crippen LogP contribution in [0.15, 0.2) is 60.7 Å². The molecule has 36 heavy (non-hydrogen) atoms. The molecule has 1 aliphatic rings. The van der Waals surface area contributed by atoms with E-state index < -0.39 is 10.2 Å². The van der Waals surface area contributed by atoms with Gasteiger partial charge >= 0.3 is 10.2 Å². The van der Waals surface area contributed by atoms with Crippen LogP contribution < -0.4 is 14.9 Å². The van der Waals surface area contributed by atoms with Crippen molar-refractivity contribution in [1.29, 1.82) is 0 Å². The SMILES string of the molecule is Cc1ccc(NC(=O)c2ccc(N3CCCN(C)S3(=O)=O)cc2C)cc1NC(=O)c1cccc(Cl)c1. The number of hydrogen-bond acceptors (Lipinski definition) is 4.